The first-order valence-corrected chi connectivity index (χ1v) is 9.11. The number of nitrogens with zero attached hydrogens (tertiary/aromatic N) is 3. The fourth-order valence-electron chi connectivity index (χ4n) is 2.66. The van der Waals surface area contributed by atoms with Crippen molar-refractivity contribution in [3.63, 3.8) is 0 Å². The van der Waals surface area contributed by atoms with Gasteiger partial charge in [-0.1, -0.05) is 12.1 Å². The van der Waals surface area contributed by atoms with E-state index < -0.39 is 11.7 Å². The van der Waals surface area contributed by atoms with Crippen LogP contribution in [-0.4, -0.2) is 27.0 Å². The van der Waals surface area contributed by atoms with Gasteiger partial charge >= 0.3 is 0 Å². The summed E-state index contributed by atoms with van der Waals surface area (Å²) < 4.78 is 28.4. The molecular formula is C19H14F2N4OS. The molecule has 0 saturated heterocycles. The van der Waals surface area contributed by atoms with Crippen molar-refractivity contribution in [2.24, 2.45) is 0 Å². The first-order valence-electron chi connectivity index (χ1n) is 8.23. The van der Waals surface area contributed by atoms with Gasteiger partial charge in [-0.3, -0.25) is 4.79 Å². The highest BCUT2D eigenvalue weighted by atomic mass is 32.1. The minimum absolute atomic E-state index is 0.0207. The lowest BCUT2D eigenvalue weighted by Crippen LogP contribution is -2.26. The summed E-state index contributed by atoms with van der Waals surface area (Å²) in [5, 5.41) is 9.09. The second-order valence-electron chi connectivity index (χ2n) is 5.85. The molecule has 0 atom stereocenters. The van der Waals surface area contributed by atoms with Gasteiger partial charge in [-0.05, 0) is 36.4 Å². The quantitative estimate of drug-likeness (QED) is 0.571. The molecule has 8 heteroatoms. The molecule has 1 N–H and O–H groups in total. The molecule has 0 fully saturated rings. The highest BCUT2D eigenvalue weighted by Crippen LogP contribution is 2.21. The average Bonchev–Trinajstić information content (AvgIpc) is 3.24. The highest BCUT2D eigenvalue weighted by Gasteiger charge is 2.13. The van der Waals surface area contributed by atoms with Gasteiger partial charge in [0, 0.05) is 23.9 Å². The maximum atomic E-state index is 13.6. The predicted octanol–water partition coefficient (Wildman–Crippen LogP) is 3.71. The number of amides is 1. The number of carbonyl (C=O) groups excluding carboxylic acids is 1. The number of hydrogen-bond donors (Lipinski definition) is 1. The van der Waals surface area contributed by atoms with Crippen molar-refractivity contribution in [3.8, 4) is 11.4 Å². The molecule has 0 saturated carbocycles. The van der Waals surface area contributed by atoms with Crippen LogP contribution in [0.25, 0.3) is 16.3 Å². The van der Waals surface area contributed by atoms with Crippen LogP contribution in [0.4, 0.5) is 8.78 Å². The van der Waals surface area contributed by atoms with Crippen molar-refractivity contribution in [1.82, 2.24) is 19.9 Å². The first kappa shape index (κ1) is 17.3. The number of hydrogen-bond acceptors (Lipinski definition) is 4. The third-order valence-electron chi connectivity index (χ3n) is 4.04. The van der Waals surface area contributed by atoms with Gasteiger partial charge in [-0.25, -0.2) is 13.3 Å². The zero-order valence-electron chi connectivity index (χ0n) is 14.0. The van der Waals surface area contributed by atoms with Crippen molar-refractivity contribution < 1.29 is 13.6 Å². The maximum Gasteiger partial charge on any atom is 0.254 e. The van der Waals surface area contributed by atoms with E-state index in [1.807, 2.05) is 5.38 Å². The fraction of sp³-hybridized carbons (Fsp3) is 0.105. The summed E-state index contributed by atoms with van der Waals surface area (Å²) in [6.07, 6.45) is 0.520. The second kappa shape index (κ2) is 7.24. The number of thiazole rings is 1. The third kappa shape index (κ3) is 3.56. The largest absolute Gasteiger partial charge is 0.352 e. The first-order chi connectivity index (χ1) is 13.1. The summed E-state index contributed by atoms with van der Waals surface area (Å²) in [4.78, 5) is 17.2. The molecule has 0 spiro atoms. The molecule has 0 unspecified atom stereocenters. The van der Waals surface area contributed by atoms with Crippen LogP contribution >= 0.6 is 11.3 Å². The topological polar surface area (TPSA) is 59.3 Å². The molecular weight excluding hydrogens is 370 g/mol. The van der Waals surface area contributed by atoms with E-state index >= 15 is 0 Å². The zero-order chi connectivity index (χ0) is 18.8. The number of nitrogens with one attached hydrogen (secondary N) is 1. The summed E-state index contributed by atoms with van der Waals surface area (Å²) >= 11 is 1.43. The van der Waals surface area contributed by atoms with E-state index in [0.29, 0.717) is 23.8 Å². The van der Waals surface area contributed by atoms with Crippen LogP contribution in [0.5, 0.6) is 0 Å². The third-order valence-corrected chi connectivity index (χ3v) is 4.90. The normalized spacial score (nSPS) is 11.0. The summed E-state index contributed by atoms with van der Waals surface area (Å²) in [6.45, 7) is 0.338. The SMILES string of the molecule is O=C(NCCc1csc2nc(-c3ccc(F)cc3)nn12)c1ccccc1F. The minimum atomic E-state index is -0.548. The standard InChI is InChI=1S/C19H14F2N4OS/c20-13-7-5-12(6-8-13)17-23-19-25(24-17)14(11-27-19)9-10-22-18(26)15-3-1-2-4-16(15)21/h1-8,11H,9-10H2,(H,22,26). The van der Waals surface area contributed by atoms with Crippen LogP contribution in [0.3, 0.4) is 0 Å². The number of aromatic nitrogens is 3. The highest BCUT2D eigenvalue weighted by molar-refractivity contribution is 7.15. The minimum Gasteiger partial charge on any atom is -0.352 e. The zero-order valence-corrected chi connectivity index (χ0v) is 14.8. The fourth-order valence-corrected chi connectivity index (χ4v) is 3.52. The Kier molecular flexibility index (Phi) is 4.64. The molecule has 2 heterocycles. The number of halogens is 2. The number of carbonyl (C=O) groups is 1. The van der Waals surface area contributed by atoms with Crippen molar-refractivity contribution in [2.45, 2.75) is 6.42 Å². The van der Waals surface area contributed by atoms with Crippen LogP contribution < -0.4 is 5.32 Å². The summed E-state index contributed by atoms with van der Waals surface area (Å²) in [7, 11) is 0. The van der Waals surface area contributed by atoms with Gasteiger partial charge in [0.2, 0.25) is 4.96 Å². The molecule has 0 aliphatic heterocycles. The van der Waals surface area contributed by atoms with E-state index in [4.69, 9.17) is 0 Å². The second-order valence-corrected chi connectivity index (χ2v) is 6.69. The van der Waals surface area contributed by atoms with Crippen LogP contribution in [0.2, 0.25) is 0 Å². The molecule has 0 radical (unpaired) electrons. The molecule has 2 aromatic heterocycles. The van der Waals surface area contributed by atoms with Gasteiger partial charge in [-0.15, -0.1) is 16.4 Å². The number of fused-ring (bicyclic) bond motifs is 1. The van der Waals surface area contributed by atoms with Gasteiger partial charge in [0.05, 0.1) is 11.3 Å². The predicted molar refractivity (Wildman–Crippen MR) is 98.7 cm³/mol. The van der Waals surface area contributed by atoms with Crippen molar-refractivity contribution in [3.05, 3.63) is 76.8 Å². The molecule has 4 rings (SSSR count). The van der Waals surface area contributed by atoms with E-state index in [-0.39, 0.29) is 11.4 Å². The van der Waals surface area contributed by atoms with Gasteiger partial charge in [0.1, 0.15) is 11.6 Å². The number of benzene rings is 2. The molecule has 1 amide bonds. The van der Waals surface area contributed by atoms with Gasteiger partial charge < -0.3 is 5.32 Å². The van der Waals surface area contributed by atoms with Crippen LogP contribution in [0.1, 0.15) is 16.1 Å². The Morgan fingerprint density at radius 3 is 2.67 bits per heavy atom. The number of rotatable bonds is 5. The van der Waals surface area contributed by atoms with Crippen molar-refractivity contribution in [1.29, 1.82) is 0 Å². The molecule has 4 aromatic rings. The van der Waals surface area contributed by atoms with E-state index in [1.165, 1.54) is 41.7 Å². The Labute approximate surface area is 157 Å². The van der Waals surface area contributed by atoms with Crippen molar-refractivity contribution >= 4 is 22.2 Å². The Morgan fingerprint density at radius 2 is 1.89 bits per heavy atom. The van der Waals surface area contributed by atoms with E-state index in [0.717, 1.165) is 11.3 Å². The Balaban J connectivity index is 1.46. The van der Waals surface area contributed by atoms with E-state index in [1.54, 1.807) is 22.7 Å². The average molecular weight is 384 g/mol. The monoisotopic (exact) mass is 384 g/mol. The summed E-state index contributed by atoms with van der Waals surface area (Å²) in [6, 6.07) is 11.8. The van der Waals surface area contributed by atoms with Gasteiger partial charge in [0.15, 0.2) is 5.82 Å². The Hall–Kier alpha value is -3.13. The smallest absolute Gasteiger partial charge is 0.254 e. The molecule has 5 nitrogen and oxygen atoms in total. The Morgan fingerprint density at radius 1 is 1.11 bits per heavy atom. The van der Waals surface area contributed by atoms with Gasteiger partial charge in [-0.2, -0.15) is 4.98 Å². The van der Waals surface area contributed by atoms with E-state index in [2.05, 4.69) is 15.4 Å². The summed E-state index contributed by atoms with van der Waals surface area (Å²) in [5.74, 6) is -0.803. The molecule has 27 heavy (non-hydrogen) atoms. The molecule has 2 aromatic carbocycles. The van der Waals surface area contributed by atoms with Crippen LogP contribution in [0.15, 0.2) is 53.9 Å². The van der Waals surface area contributed by atoms with Crippen molar-refractivity contribution in [2.75, 3.05) is 6.54 Å². The van der Waals surface area contributed by atoms with E-state index in [9.17, 15) is 13.6 Å². The lowest BCUT2D eigenvalue weighted by Gasteiger charge is -2.05. The van der Waals surface area contributed by atoms with Crippen LogP contribution in [-0.2, 0) is 6.42 Å². The molecule has 0 aliphatic carbocycles. The maximum absolute atomic E-state index is 13.6. The summed E-state index contributed by atoms with van der Waals surface area (Å²) in [5.41, 5.74) is 1.63. The Bertz CT molecular complexity index is 1100. The lowest BCUT2D eigenvalue weighted by atomic mass is 10.2. The molecule has 0 bridgehead atoms. The molecule has 136 valence electrons. The molecule has 0 aliphatic rings. The lowest BCUT2D eigenvalue weighted by molar-refractivity contribution is 0.0950. The van der Waals surface area contributed by atoms with Crippen LogP contribution in [0, 0.1) is 11.6 Å². The van der Waals surface area contributed by atoms with Gasteiger partial charge in [0.25, 0.3) is 5.91 Å².